The van der Waals surface area contributed by atoms with Gasteiger partial charge in [-0.25, -0.2) is 0 Å². The third-order valence-electron chi connectivity index (χ3n) is 5.82. The van der Waals surface area contributed by atoms with Crippen LogP contribution in [0.5, 0.6) is 0 Å². The Morgan fingerprint density at radius 1 is 1.10 bits per heavy atom. The van der Waals surface area contributed by atoms with Crippen LogP contribution in [0.25, 0.3) is 0 Å². The number of fused-ring (bicyclic) bond motifs is 1. The molecule has 114 valence electrons. The van der Waals surface area contributed by atoms with Gasteiger partial charge in [-0.05, 0) is 42.7 Å². The van der Waals surface area contributed by atoms with Gasteiger partial charge in [0, 0.05) is 22.0 Å². The molecule has 0 aromatic heterocycles. The topological polar surface area (TPSA) is 17.1 Å². The van der Waals surface area contributed by atoms with Crippen molar-refractivity contribution in [1.82, 2.24) is 0 Å². The van der Waals surface area contributed by atoms with E-state index in [4.69, 9.17) is 0 Å². The summed E-state index contributed by atoms with van der Waals surface area (Å²) in [6, 6.07) is 10.5. The average Bonchev–Trinajstić information content (AvgIpc) is 2.42. The monoisotopic (exact) mass is 302 g/mol. The summed E-state index contributed by atoms with van der Waals surface area (Å²) in [6.07, 6.45) is 5.52. The van der Waals surface area contributed by atoms with Crippen LogP contribution in [-0.2, 0) is 4.79 Å². The molecule has 0 heterocycles. The largest absolute Gasteiger partial charge is 0.299 e. The second kappa shape index (κ2) is 5.46. The Kier molecular flexibility index (Phi) is 3.94. The minimum absolute atomic E-state index is 0.0600. The number of ketones is 1. The van der Waals surface area contributed by atoms with E-state index in [9.17, 15) is 4.79 Å². The number of hydrogen-bond donors (Lipinski definition) is 0. The molecule has 2 heteroatoms. The molecule has 2 aliphatic rings. The lowest BCUT2D eigenvalue weighted by Crippen LogP contribution is -2.51. The first kappa shape index (κ1) is 15.1. The lowest BCUT2D eigenvalue weighted by atomic mass is 9.51. The number of hydrogen-bond acceptors (Lipinski definition) is 2. The van der Waals surface area contributed by atoms with Gasteiger partial charge in [0.2, 0.25) is 0 Å². The molecule has 3 atom stereocenters. The van der Waals surface area contributed by atoms with E-state index < -0.39 is 0 Å². The molecular weight excluding hydrogens is 276 g/mol. The second-order valence-electron chi connectivity index (χ2n) is 7.73. The highest BCUT2D eigenvalue weighted by molar-refractivity contribution is 8.00. The molecule has 0 bridgehead atoms. The molecule has 0 N–H and O–H groups in total. The molecule has 1 aromatic carbocycles. The molecule has 2 saturated carbocycles. The molecule has 1 nitrogen and oxygen atoms in total. The molecular formula is C19H26OS. The maximum absolute atomic E-state index is 12.8. The summed E-state index contributed by atoms with van der Waals surface area (Å²) in [5, 5.41) is 0.454. The SMILES string of the molecule is CC1(C)CCC[C@]2(C)C(=O)C[C@@H](Sc3ccccc3)C[C@H]12. The maximum Gasteiger partial charge on any atom is 0.140 e. The van der Waals surface area contributed by atoms with Crippen molar-refractivity contribution in [1.29, 1.82) is 0 Å². The number of carbonyl (C=O) groups is 1. The van der Waals surface area contributed by atoms with Crippen LogP contribution in [0.2, 0.25) is 0 Å². The van der Waals surface area contributed by atoms with Gasteiger partial charge in [0.05, 0.1) is 0 Å². The number of thioether (sulfide) groups is 1. The minimum Gasteiger partial charge on any atom is -0.299 e. The van der Waals surface area contributed by atoms with Crippen LogP contribution in [0.3, 0.4) is 0 Å². The van der Waals surface area contributed by atoms with Crippen molar-refractivity contribution in [2.24, 2.45) is 16.7 Å². The predicted molar refractivity (Wildman–Crippen MR) is 89.6 cm³/mol. The van der Waals surface area contributed by atoms with Crippen molar-refractivity contribution < 1.29 is 4.79 Å². The summed E-state index contributed by atoms with van der Waals surface area (Å²) >= 11 is 1.90. The third-order valence-corrected chi connectivity index (χ3v) is 7.06. The van der Waals surface area contributed by atoms with E-state index in [0.717, 1.165) is 12.8 Å². The van der Waals surface area contributed by atoms with E-state index in [1.807, 2.05) is 11.8 Å². The smallest absolute Gasteiger partial charge is 0.140 e. The average molecular weight is 302 g/mol. The summed E-state index contributed by atoms with van der Waals surface area (Å²) in [4.78, 5) is 14.1. The first-order valence-electron chi connectivity index (χ1n) is 8.17. The van der Waals surface area contributed by atoms with Gasteiger partial charge in [-0.2, -0.15) is 0 Å². The summed E-state index contributed by atoms with van der Waals surface area (Å²) in [7, 11) is 0. The van der Waals surface area contributed by atoms with Crippen molar-refractivity contribution in [3.05, 3.63) is 30.3 Å². The van der Waals surface area contributed by atoms with E-state index in [1.165, 1.54) is 24.2 Å². The number of benzene rings is 1. The molecule has 0 spiro atoms. The van der Waals surface area contributed by atoms with Gasteiger partial charge in [0.25, 0.3) is 0 Å². The molecule has 0 unspecified atom stereocenters. The van der Waals surface area contributed by atoms with Crippen LogP contribution in [0.15, 0.2) is 35.2 Å². The molecule has 0 radical (unpaired) electrons. The summed E-state index contributed by atoms with van der Waals surface area (Å²) in [5.74, 6) is 1.06. The molecule has 1 aromatic rings. The van der Waals surface area contributed by atoms with Crippen LogP contribution in [0.1, 0.15) is 52.9 Å². The summed E-state index contributed by atoms with van der Waals surface area (Å²) in [5.41, 5.74) is 0.244. The standard InChI is InChI=1S/C19H26OS/c1-18(2)10-7-11-19(3)16(18)12-15(13-17(19)20)21-14-8-5-4-6-9-14/h4-6,8-9,15-16H,7,10-13H2,1-3H3/t15-,16+,19-/m0/s1. The normalized spacial score (nSPS) is 35.3. The Bertz CT molecular complexity index is 522. The highest BCUT2D eigenvalue weighted by atomic mass is 32.2. The molecule has 21 heavy (non-hydrogen) atoms. The first-order valence-corrected chi connectivity index (χ1v) is 9.05. The Morgan fingerprint density at radius 3 is 2.52 bits per heavy atom. The van der Waals surface area contributed by atoms with E-state index >= 15 is 0 Å². The Hall–Kier alpha value is -0.760. The Labute approximate surface area is 132 Å². The van der Waals surface area contributed by atoms with Crippen molar-refractivity contribution in [3.63, 3.8) is 0 Å². The van der Waals surface area contributed by atoms with Crippen LogP contribution < -0.4 is 0 Å². The van der Waals surface area contributed by atoms with E-state index in [0.29, 0.717) is 22.4 Å². The zero-order chi connectivity index (χ0) is 15.1. The number of Topliss-reactive ketones (excluding diaryl/α,β-unsaturated/α-hetero) is 1. The Morgan fingerprint density at radius 2 is 1.81 bits per heavy atom. The van der Waals surface area contributed by atoms with Gasteiger partial charge in [-0.3, -0.25) is 4.79 Å². The zero-order valence-corrected chi connectivity index (χ0v) is 14.2. The molecule has 2 fully saturated rings. The van der Waals surface area contributed by atoms with Crippen molar-refractivity contribution in [2.45, 2.75) is 63.0 Å². The van der Waals surface area contributed by atoms with Gasteiger partial charge in [-0.15, -0.1) is 11.8 Å². The maximum atomic E-state index is 12.8. The summed E-state index contributed by atoms with van der Waals surface area (Å²) in [6.45, 7) is 6.99. The highest BCUT2D eigenvalue weighted by Crippen LogP contribution is 2.57. The van der Waals surface area contributed by atoms with Gasteiger partial charge < -0.3 is 0 Å². The lowest BCUT2D eigenvalue weighted by molar-refractivity contribution is -0.142. The molecule has 2 aliphatic carbocycles. The Balaban J connectivity index is 1.81. The van der Waals surface area contributed by atoms with Crippen LogP contribution in [0, 0.1) is 16.7 Å². The highest BCUT2D eigenvalue weighted by Gasteiger charge is 2.53. The molecule has 3 rings (SSSR count). The van der Waals surface area contributed by atoms with Crippen LogP contribution in [-0.4, -0.2) is 11.0 Å². The quantitative estimate of drug-likeness (QED) is 0.733. The predicted octanol–water partition coefficient (Wildman–Crippen LogP) is 5.34. The van der Waals surface area contributed by atoms with E-state index in [-0.39, 0.29) is 5.41 Å². The zero-order valence-electron chi connectivity index (χ0n) is 13.4. The number of rotatable bonds is 2. The fourth-order valence-electron chi connectivity index (χ4n) is 4.60. The van der Waals surface area contributed by atoms with Crippen LogP contribution in [0.4, 0.5) is 0 Å². The molecule has 0 amide bonds. The molecule has 0 aliphatic heterocycles. The molecule has 0 saturated heterocycles. The van der Waals surface area contributed by atoms with Gasteiger partial charge in [0.15, 0.2) is 0 Å². The van der Waals surface area contributed by atoms with Crippen LogP contribution >= 0.6 is 11.8 Å². The summed E-state index contributed by atoms with van der Waals surface area (Å²) < 4.78 is 0. The van der Waals surface area contributed by atoms with E-state index in [1.54, 1.807) is 0 Å². The van der Waals surface area contributed by atoms with Gasteiger partial charge in [-0.1, -0.05) is 45.4 Å². The fraction of sp³-hybridized carbons (Fsp3) is 0.632. The van der Waals surface area contributed by atoms with Gasteiger partial charge >= 0.3 is 0 Å². The van der Waals surface area contributed by atoms with Crippen molar-refractivity contribution >= 4 is 17.5 Å². The first-order chi connectivity index (χ1) is 9.92. The second-order valence-corrected chi connectivity index (χ2v) is 9.10. The number of carbonyl (C=O) groups excluding carboxylic acids is 1. The van der Waals surface area contributed by atoms with Gasteiger partial charge in [0.1, 0.15) is 5.78 Å². The van der Waals surface area contributed by atoms with E-state index in [2.05, 4.69) is 51.1 Å². The lowest BCUT2D eigenvalue weighted by Gasteiger charge is -2.54. The third kappa shape index (κ3) is 2.79. The minimum atomic E-state index is -0.0600. The van der Waals surface area contributed by atoms with Crippen molar-refractivity contribution in [3.8, 4) is 0 Å². The fourth-order valence-corrected chi connectivity index (χ4v) is 5.82. The van der Waals surface area contributed by atoms with Crippen molar-refractivity contribution in [2.75, 3.05) is 0 Å².